The lowest BCUT2D eigenvalue weighted by Crippen LogP contribution is -2.29. The highest BCUT2D eigenvalue weighted by Crippen LogP contribution is 2.36. The second kappa shape index (κ2) is 8.62. The number of nitrogens with zero attached hydrogens (tertiary/aromatic N) is 4. The quantitative estimate of drug-likeness (QED) is 0.604. The van der Waals surface area contributed by atoms with E-state index in [0.717, 1.165) is 29.8 Å². The van der Waals surface area contributed by atoms with Crippen LogP contribution in [0.2, 0.25) is 5.02 Å². The van der Waals surface area contributed by atoms with E-state index in [1.165, 1.54) is 6.92 Å². The zero-order valence-electron chi connectivity index (χ0n) is 16.4. The second-order valence-corrected chi connectivity index (χ2v) is 7.75. The molecule has 1 atom stereocenters. The van der Waals surface area contributed by atoms with Gasteiger partial charge in [-0.05, 0) is 65.2 Å². The van der Waals surface area contributed by atoms with E-state index in [1.807, 2.05) is 28.9 Å². The number of amides is 2. The minimum absolute atomic E-state index is 0.100. The Morgan fingerprint density at radius 1 is 1.13 bits per heavy atom. The molecule has 0 saturated heterocycles. The van der Waals surface area contributed by atoms with E-state index in [4.69, 9.17) is 11.6 Å². The molecule has 1 heterocycles. The summed E-state index contributed by atoms with van der Waals surface area (Å²) in [6, 6.07) is 14.4. The van der Waals surface area contributed by atoms with Gasteiger partial charge in [-0.15, -0.1) is 5.10 Å². The van der Waals surface area contributed by atoms with Gasteiger partial charge in [0, 0.05) is 23.2 Å². The number of rotatable bonds is 7. The highest BCUT2D eigenvalue weighted by molar-refractivity contribution is 6.30. The molecule has 0 bridgehead atoms. The average Bonchev–Trinajstić information content (AvgIpc) is 3.45. The summed E-state index contributed by atoms with van der Waals surface area (Å²) in [4.78, 5) is 24.2. The van der Waals surface area contributed by atoms with Gasteiger partial charge in [-0.2, -0.15) is 0 Å². The van der Waals surface area contributed by atoms with Crippen LogP contribution in [0.4, 0.5) is 5.69 Å². The first-order valence-corrected chi connectivity index (χ1v) is 10.1. The number of tetrazole rings is 1. The minimum Gasteiger partial charge on any atom is -0.349 e. The first-order valence-electron chi connectivity index (χ1n) is 9.70. The van der Waals surface area contributed by atoms with Crippen LogP contribution in [0, 0.1) is 0 Å². The highest BCUT2D eigenvalue weighted by atomic mass is 35.5. The number of carbonyl (C=O) groups is 2. The van der Waals surface area contributed by atoms with Crippen molar-refractivity contribution >= 4 is 29.1 Å². The smallest absolute Gasteiger partial charge is 0.226 e. The fraction of sp³-hybridized carbons (Fsp3) is 0.286. The van der Waals surface area contributed by atoms with Gasteiger partial charge >= 0.3 is 0 Å². The van der Waals surface area contributed by atoms with Crippen molar-refractivity contribution in [1.29, 1.82) is 0 Å². The van der Waals surface area contributed by atoms with Crippen LogP contribution in [0.15, 0.2) is 48.5 Å². The summed E-state index contributed by atoms with van der Waals surface area (Å²) >= 11 is 5.93. The summed E-state index contributed by atoms with van der Waals surface area (Å²) in [5, 5.41) is 18.2. The molecule has 1 aliphatic carbocycles. The summed E-state index contributed by atoms with van der Waals surface area (Å²) < 4.78 is 1.84. The van der Waals surface area contributed by atoms with Gasteiger partial charge in [0.2, 0.25) is 11.8 Å². The van der Waals surface area contributed by atoms with Crippen molar-refractivity contribution < 1.29 is 9.59 Å². The number of nitrogens with one attached hydrogen (secondary N) is 2. The zero-order valence-corrected chi connectivity index (χ0v) is 17.1. The molecule has 9 heteroatoms. The van der Waals surface area contributed by atoms with Crippen LogP contribution in [0.5, 0.6) is 0 Å². The monoisotopic (exact) mass is 424 g/mol. The molecule has 30 heavy (non-hydrogen) atoms. The van der Waals surface area contributed by atoms with E-state index < -0.39 is 6.04 Å². The van der Waals surface area contributed by atoms with Crippen molar-refractivity contribution in [2.75, 3.05) is 5.32 Å². The lowest BCUT2D eigenvalue weighted by atomic mass is 10.0. The standard InChI is InChI=1S/C21H21ClN6O2/c1-13(29)23-19(14-2-6-16(22)7-3-14)12-20(30)24-17-8-4-15(5-9-17)21-25-26-27-28(21)18-10-11-18/h2-9,18-19H,10-12H2,1H3,(H,23,29)(H,24,30)/t19-/m1/s1. The van der Waals surface area contributed by atoms with Gasteiger partial charge < -0.3 is 10.6 Å². The molecule has 8 nitrogen and oxygen atoms in total. The van der Waals surface area contributed by atoms with Crippen molar-refractivity contribution in [2.24, 2.45) is 0 Å². The maximum atomic E-state index is 12.6. The van der Waals surface area contributed by atoms with Crippen LogP contribution in [0.1, 0.15) is 43.8 Å². The first-order chi connectivity index (χ1) is 14.5. The van der Waals surface area contributed by atoms with Gasteiger partial charge in [0.15, 0.2) is 5.82 Å². The molecule has 1 aromatic heterocycles. The van der Waals surface area contributed by atoms with Crippen LogP contribution >= 0.6 is 11.6 Å². The molecule has 4 rings (SSSR count). The first kappa shape index (κ1) is 20.0. The average molecular weight is 425 g/mol. The molecule has 154 valence electrons. The van der Waals surface area contributed by atoms with E-state index in [-0.39, 0.29) is 18.2 Å². The van der Waals surface area contributed by atoms with Gasteiger partial charge in [-0.25, -0.2) is 4.68 Å². The molecule has 1 saturated carbocycles. The number of hydrogen-bond acceptors (Lipinski definition) is 5. The van der Waals surface area contributed by atoms with Crippen molar-refractivity contribution in [3.05, 3.63) is 59.1 Å². The van der Waals surface area contributed by atoms with E-state index >= 15 is 0 Å². The summed E-state index contributed by atoms with van der Waals surface area (Å²) in [5.41, 5.74) is 2.36. The predicted molar refractivity (Wildman–Crippen MR) is 113 cm³/mol. The molecule has 0 spiro atoms. The van der Waals surface area contributed by atoms with E-state index in [0.29, 0.717) is 16.8 Å². The maximum Gasteiger partial charge on any atom is 0.226 e. The third kappa shape index (κ3) is 4.83. The molecule has 1 aliphatic rings. The van der Waals surface area contributed by atoms with Crippen molar-refractivity contribution in [2.45, 2.75) is 38.3 Å². The summed E-state index contributed by atoms with van der Waals surface area (Å²) in [6.45, 7) is 1.43. The predicted octanol–water partition coefficient (Wildman–Crippen LogP) is 3.53. The number of hydrogen-bond donors (Lipinski definition) is 2. The summed E-state index contributed by atoms with van der Waals surface area (Å²) in [6.07, 6.45) is 2.29. The Hall–Kier alpha value is -3.26. The van der Waals surface area contributed by atoms with Gasteiger partial charge in [0.25, 0.3) is 0 Å². The summed E-state index contributed by atoms with van der Waals surface area (Å²) in [5.74, 6) is 0.309. The number of aromatic nitrogens is 4. The Morgan fingerprint density at radius 2 is 1.83 bits per heavy atom. The fourth-order valence-electron chi connectivity index (χ4n) is 3.24. The SMILES string of the molecule is CC(=O)N[C@H](CC(=O)Nc1ccc(-c2nnnn2C2CC2)cc1)c1ccc(Cl)cc1. The molecule has 2 aromatic carbocycles. The largest absolute Gasteiger partial charge is 0.349 e. The highest BCUT2D eigenvalue weighted by Gasteiger charge is 2.28. The van der Waals surface area contributed by atoms with Crippen LogP contribution in [-0.4, -0.2) is 32.0 Å². The zero-order chi connectivity index (χ0) is 21.1. The molecule has 1 fully saturated rings. The third-order valence-corrected chi connectivity index (χ3v) is 5.10. The number of carbonyl (C=O) groups excluding carboxylic acids is 2. The van der Waals surface area contributed by atoms with Crippen molar-refractivity contribution in [3.8, 4) is 11.4 Å². The van der Waals surface area contributed by atoms with E-state index in [1.54, 1.807) is 24.3 Å². The Morgan fingerprint density at radius 3 is 2.47 bits per heavy atom. The van der Waals surface area contributed by atoms with Crippen molar-refractivity contribution in [3.63, 3.8) is 0 Å². The third-order valence-electron chi connectivity index (χ3n) is 4.85. The molecular weight excluding hydrogens is 404 g/mol. The molecule has 0 unspecified atom stereocenters. The second-order valence-electron chi connectivity index (χ2n) is 7.31. The number of benzene rings is 2. The molecule has 0 aliphatic heterocycles. The Kier molecular flexibility index (Phi) is 5.76. The Labute approximate surface area is 178 Å². The van der Waals surface area contributed by atoms with Gasteiger partial charge in [0.05, 0.1) is 18.5 Å². The number of halogens is 1. The lowest BCUT2D eigenvalue weighted by molar-refractivity contribution is -0.120. The van der Waals surface area contributed by atoms with E-state index in [9.17, 15) is 9.59 Å². The van der Waals surface area contributed by atoms with Crippen LogP contribution in [0.25, 0.3) is 11.4 Å². The van der Waals surface area contributed by atoms with Gasteiger partial charge in [0.1, 0.15) is 0 Å². The Bertz CT molecular complexity index is 1040. The van der Waals surface area contributed by atoms with Crippen LogP contribution in [0.3, 0.4) is 0 Å². The van der Waals surface area contributed by atoms with Crippen LogP contribution in [-0.2, 0) is 9.59 Å². The number of anilines is 1. The minimum atomic E-state index is -0.442. The fourth-order valence-corrected chi connectivity index (χ4v) is 3.37. The molecule has 2 N–H and O–H groups in total. The maximum absolute atomic E-state index is 12.6. The van der Waals surface area contributed by atoms with Gasteiger partial charge in [-0.1, -0.05) is 23.7 Å². The Balaban J connectivity index is 1.42. The molecule has 2 amide bonds. The van der Waals surface area contributed by atoms with Crippen LogP contribution < -0.4 is 10.6 Å². The van der Waals surface area contributed by atoms with E-state index in [2.05, 4.69) is 26.2 Å². The molecule has 0 radical (unpaired) electrons. The summed E-state index contributed by atoms with van der Waals surface area (Å²) in [7, 11) is 0. The van der Waals surface area contributed by atoms with Crippen molar-refractivity contribution in [1.82, 2.24) is 25.5 Å². The molecule has 3 aromatic rings. The normalized spacial score (nSPS) is 14.2. The molecular formula is C21H21ClN6O2. The topological polar surface area (TPSA) is 102 Å². The lowest BCUT2D eigenvalue weighted by Gasteiger charge is -2.18. The van der Waals surface area contributed by atoms with Gasteiger partial charge in [-0.3, -0.25) is 9.59 Å².